The Bertz CT molecular complexity index is 3030. The zero-order valence-corrected chi connectivity index (χ0v) is 29.6. The van der Waals surface area contributed by atoms with Crippen LogP contribution >= 0.6 is 0 Å². The Morgan fingerprint density at radius 2 is 0.537 bits per heavy atom. The smallest absolute Gasteiger partial charge is 0.00262 e. The van der Waals surface area contributed by atoms with Crippen LogP contribution in [-0.4, -0.2) is 0 Å². The van der Waals surface area contributed by atoms with E-state index in [0.29, 0.717) is 0 Å². The van der Waals surface area contributed by atoms with Gasteiger partial charge in [0.05, 0.1) is 0 Å². The maximum Gasteiger partial charge on any atom is -0.00262 e. The fourth-order valence-electron chi connectivity index (χ4n) is 8.96. The number of hydrogen-bond acceptors (Lipinski definition) is 0. The number of fused-ring (bicyclic) bond motifs is 11. The first-order chi connectivity index (χ1) is 26.8. The fraction of sp³-hybridized carbons (Fsp3) is 0. The molecule has 0 N–H and O–H groups in total. The van der Waals surface area contributed by atoms with Gasteiger partial charge in [0.15, 0.2) is 0 Å². The summed E-state index contributed by atoms with van der Waals surface area (Å²) in [5, 5.41) is 7.60. The number of benzene rings is 10. The van der Waals surface area contributed by atoms with E-state index in [1.807, 2.05) is 0 Å². The lowest BCUT2D eigenvalue weighted by atomic mass is 9.80. The van der Waals surface area contributed by atoms with Gasteiger partial charge < -0.3 is 0 Å². The van der Waals surface area contributed by atoms with Gasteiger partial charge in [-0.05, 0) is 122 Å². The van der Waals surface area contributed by atoms with Crippen molar-refractivity contribution >= 4 is 32.3 Å². The van der Waals surface area contributed by atoms with Gasteiger partial charge in [-0.3, -0.25) is 0 Å². The normalized spacial score (nSPS) is 11.7. The first-order valence-corrected chi connectivity index (χ1v) is 18.8. The van der Waals surface area contributed by atoms with Crippen LogP contribution in [0.2, 0.25) is 0 Å². The summed E-state index contributed by atoms with van der Waals surface area (Å²) in [4.78, 5) is 0. The molecule has 11 rings (SSSR count). The maximum atomic E-state index is 2.40. The molecule has 0 amide bonds. The molecule has 10 aromatic carbocycles. The summed E-state index contributed by atoms with van der Waals surface area (Å²) in [6.45, 7) is 0. The van der Waals surface area contributed by atoms with Crippen LogP contribution in [0.1, 0.15) is 0 Å². The number of hydrogen-bond donors (Lipinski definition) is 0. The van der Waals surface area contributed by atoms with E-state index >= 15 is 0 Å². The summed E-state index contributed by atoms with van der Waals surface area (Å²) in [7, 11) is 0. The molecule has 0 heteroatoms. The van der Waals surface area contributed by atoms with E-state index in [1.165, 1.54) is 110 Å². The lowest BCUT2D eigenvalue weighted by molar-refractivity contribution is 1.51. The summed E-state index contributed by atoms with van der Waals surface area (Å²) in [6.07, 6.45) is 0. The van der Waals surface area contributed by atoms with Gasteiger partial charge in [-0.2, -0.15) is 0 Å². The van der Waals surface area contributed by atoms with Crippen molar-refractivity contribution in [3.63, 3.8) is 0 Å². The molecule has 0 fully saturated rings. The fourth-order valence-corrected chi connectivity index (χ4v) is 8.96. The lowest BCUT2D eigenvalue weighted by Crippen LogP contribution is -1.97. The van der Waals surface area contributed by atoms with Crippen molar-refractivity contribution in [3.05, 3.63) is 206 Å². The monoisotopic (exact) mass is 682 g/mol. The predicted molar refractivity (Wildman–Crippen MR) is 231 cm³/mol. The molecule has 1 aliphatic rings. The molecular weight excluding hydrogens is 649 g/mol. The highest BCUT2D eigenvalue weighted by Crippen LogP contribution is 2.49. The summed E-state index contributed by atoms with van der Waals surface area (Å²) in [5.41, 5.74) is 17.6. The van der Waals surface area contributed by atoms with Gasteiger partial charge in [-0.25, -0.2) is 0 Å². The van der Waals surface area contributed by atoms with Crippen LogP contribution in [0.25, 0.3) is 110 Å². The average molecular weight is 683 g/mol. The summed E-state index contributed by atoms with van der Waals surface area (Å²) >= 11 is 0. The zero-order chi connectivity index (χ0) is 35.6. The number of rotatable bonds is 3. The highest BCUT2D eigenvalue weighted by Gasteiger charge is 2.22. The third-order valence-electron chi connectivity index (χ3n) is 11.4. The second-order valence-corrected chi connectivity index (χ2v) is 14.4. The molecule has 0 radical (unpaired) electrons. The first-order valence-electron chi connectivity index (χ1n) is 18.8. The SMILES string of the molecule is c1ccc2c(c1)-c1ccccc1-c1ccc(-c3ccc(-c4c5ccccc5c(-c5ccc6ccccc6c5)c5ccccc45)cc3)cc1-c1ccccc1-2. The minimum Gasteiger partial charge on any atom is -0.0616 e. The van der Waals surface area contributed by atoms with Gasteiger partial charge in [0.25, 0.3) is 0 Å². The molecule has 0 aromatic heterocycles. The standard InChI is InChI=1S/C54H34/c1-2-14-38-33-40(30-27-35(38)13-1)54-50-23-11-9-21-48(50)53(49-22-10-12-24-51(49)54)37-28-25-36(26-29-37)39-31-32-47-45-19-6-5-17-43(45)41-15-3-4-16-42(41)44-18-7-8-20-46(44)52(47)34-39/h1-34H. The Kier molecular flexibility index (Phi) is 6.97. The lowest BCUT2D eigenvalue weighted by Gasteiger charge is -2.23. The van der Waals surface area contributed by atoms with Crippen LogP contribution in [0.15, 0.2) is 206 Å². The Morgan fingerprint density at radius 3 is 1.06 bits per heavy atom. The van der Waals surface area contributed by atoms with Crippen molar-refractivity contribution in [2.45, 2.75) is 0 Å². The van der Waals surface area contributed by atoms with E-state index in [9.17, 15) is 0 Å². The van der Waals surface area contributed by atoms with E-state index in [-0.39, 0.29) is 0 Å². The summed E-state index contributed by atoms with van der Waals surface area (Å²) in [6, 6.07) is 76.2. The van der Waals surface area contributed by atoms with Crippen molar-refractivity contribution in [1.82, 2.24) is 0 Å². The van der Waals surface area contributed by atoms with Crippen LogP contribution in [0.4, 0.5) is 0 Å². The van der Waals surface area contributed by atoms with Gasteiger partial charge in [-0.15, -0.1) is 0 Å². The van der Waals surface area contributed by atoms with Gasteiger partial charge in [0, 0.05) is 0 Å². The first kappa shape index (κ1) is 30.6. The van der Waals surface area contributed by atoms with Crippen LogP contribution in [0.3, 0.4) is 0 Å². The van der Waals surface area contributed by atoms with E-state index < -0.39 is 0 Å². The molecule has 54 heavy (non-hydrogen) atoms. The Balaban J connectivity index is 1.07. The molecule has 0 spiro atoms. The zero-order valence-electron chi connectivity index (χ0n) is 29.6. The highest BCUT2D eigenvalue weighted by molar-refractivity contribution is 6.21. The third-order valence-corrected chi connectivity index (χ3v) is 11.4. The van der Waals surface area contributed by atoms with Crippen LogP contribution in [0.5, 0.6) is 0 Å². The average Bonchev–Trinajstić information content (AvgIpc) is 3.25. The van der Waals surface area contributed by atoms with E-state index in [1.54, 1.807) is 0 Å². The molecule has 0 saturated carbocycles. The summed E-state index contributed by atoms with van der Waals surface area (Å²) < 4.78 is 0. The van der Waals surface area contributed by atoms with Gasteiger partial charge in [-0.1, -0.05) is 194 Å². The Labute approximate surface area is 315 Å². The molecule has 0 atom stereocenters. The molecule has 0 bridgehead atoms. The van der Waals surface area contributed by atoms with Crippen LogP contribution < -0.4 is 0 Å². The quantitative estimate of drug-likeness (QED) is 0.163. The van der Waals surface area contributed by atoms with Crippen LogP contribution in [0, 0.1) is 0 Å². The molecule has 0 saturated heterocycles. The Morgan fingerprint density at radius 1 is 0.185 bits per heavy atom. The maximum absolute atomic E-state index is 2.40. The van der Waals surface area contributed by atoms with E-state index in [0.717, 1.165) is 0 Å². The topological polar surface area (TPSA) is 0 Å². The molecule has 250 valence electrons. The van der Waals surface area contributed by atoms with Crippen LogP contribution in [-0.2, 0) is 0 Å². The van der Waals surface area contributed by atoms with Crippen molar-refractivity contribution in [2.24, 2.45) is 0 Å². The molecule has 0 aliphatic heterocycles. The van der Waals surface area contributed by atoms with Gasteiger partial charge >= 0.3 is 0 Å². The van der Waals surface area contributed by atoms with Crippen molar-refractivity contribution < 1.29 is 0 Å². The molecule has 0 unspecified atom stereocenters. The summed E-state index contributed by atoms with van der Waals surface area (Å²) in [5.74, 6) is 0. The van der Waals surface area contributed by atoms with Gasteiger partial charge in [0.1, 0.15) is 0 Å². The van der Waals surface area contributed by atoms with Gasteiger partial charge in [0.2, 0.25) is 0 Å². The third kappa shape index (κ3) is 4.78. The second kappa shape index (κ2) is 12.3. The largest absolute Gasteiger partial charge is 0.0616 e. The Hall–Kier alpha value is -7.02. The highest BCUT2D eigenvalue weighted by atomic mass is 14.3. The van der Waals surface area contributed by atoms with Crippen molar-refractivity contribution in [3.8, 4) is 77.9 Å². The van der Waals surface area contributed by atoms with Crippen molar-refractivity contribution in [2.75, 3.05) is 0 Å². The molecular formula is C54H34. The second-order valence-electron chi connectivity index (χ2n) is 14.4. The molecule has 10 aromatic rings. The minimum atomic E-state index is 1.20. The van der Waals surface area contributed by atoms with E-state index in [2.05, 4.69) is 206 Å². The molecule has 0 heterocycles. The minimum absolute atomic E-state index is 1.20. The van der Waals surface area contributed by atoms with E-state index in [4.69, 9.17) is 0 Å². The van der Waals surface area contributed by atoms with Crippen molar-refractivity contribution in [1.29, 1.82) is 0 Å². The molecule has 1 aliphatic carbocycles. The molecule has 0 nitrogen and oxygen atoms in total. The predicted octanol–water partition coefficient (Wildman–Crippen LogP) is 15.1.